The first-order valence-electron chi connectivity index (χ1n) is 10.2. The van der Waals surface area contributed by atoms with Crippen LogP contribution < -0.4 is 5.73 Å². The monoisotopic (exact) mass is 447 g/mol. The van der Waals surface area contributed by atoms with Crippen LogP contribution in [0, 0.1) is 0 Å². The van der Waals surface area contributed by atoms with E-state index in [9.17, 15) is 4.79 Å². The lowest BCUT2D eigenvalue weighted by Gasteiger charge is -2.38. The Balaban J connectivity index is 0.00000289. The maximum absolute atomic E-state index is 12.0. The van der Waals surface area contributed by atoms with Gasteiger partial charge in [-0.1, -0.05) is 91.0 Å². The average Bonchev–Trinajstić information content (AvgIpc) is 3.29. The van der Waals surface area contributed by atoms with Gasteiger partial charge < -0.3 is 15.0 Å². The molecule has 0 aliphatic rings. The number of benzene rings is 3. The summed E-state index contributed by atoms with van der Waals surface area (Å²) in [6, 6.07) is 30.1. The minimum Gasteiger partial charge on any atom is -0.468 e. The summed E-state index contributed by atoms with van der Waals surface area (Å²) in [7, 11) is 1.35. The number of imidazole rings is 1. The van der Waals surface area contributed by atoms with Crippen molar-refractivity contribution in [1.29, 1.82) is 0 Å². The Morgan fingerprint density at radius 2 is 1.34 bits per heavy atom. The predicted octanol–water partition coefficient (Wildman–Crippen LogP) is 4.19. The van der Waals surface area contributed by atoms with Crippen molar-refractivity contribution in [3.63, 3.8) is 0 Å². The fourth-order valence-electron chi connectivity index (χ4n) is 4.19. The second-order valence-electron chi connectivity index (χ2n) is 7.40. The number of carbonyl (C=O) groups is 1. The Hall–Kier alpha value is -3.41. The largest absolute Gasteiger partial charge is 0.468 e. The number of nitrogens with zero attached hydrogens (tertiary/aromatic N) is 2. The van der Waals surface area contributed by atoms with E-state index >= 15 is 0 Å². The van der Waals surface area contributed by atoms with E-state index in [0.717, 1.165) is 22.4 Å². The van der Waals surface area contributed by atoms with E-state index in [1.807, 2.05) is 60.9 Å². The Kier molecular flexibility index (Phi) is 7.46. The van der Waals surface area contributed by atoms with Crippen LogP contribution >= 0.6 is 12.4 Å². The van der Waals surface area contributed by atoms with Gasteiger partial charge in [-0.2, -0.15) is 0 Å². The van der Waals surface area contributed by atoms with Crippen LogP contribution in [0.3, 0.4) is 0 Å². The molecule has 1 heterocycles. The topological polar surface area (TPSA) is 70.1 Å². The quantitative estimate of drug-likeness (QED) is 0.340. The highest BCUT2D eigenvalue weighted by Crippen LogP contribution is 2.41. The molecule has 0 bridgehead atoms. The van der Waals surface area contributed by atoms with Crippen molar-refractivity contribution in [3.8, 4) is 0 Å². The molecule has 0 fully saturated rings. The summed E-state index contributed by atoms with van der Waals surface area (Å²) < 4.78 is 6.97. The number of ether oxygens (including phenoxy) is 1. The van der Waals surface area contributed by atoms with Crippen molar-refractivity contribution in [2.75, 3.05) is 7.11 Å². The molecule has 1 aromatic heterocycles. The zero-order chi connectivity index (χ0) is 21.7. The van der Waals surface area contributed by atoms with E-state index < -0.39 is 17.6 Å². The van der Waals surface area contributed by atoms with Gasteiger partial charge in [-0.15, -0.1) is 12.4 Å². The van der Waals surface area contributed by atoms with Gasteiger partial charge in [0, 0.05) is 18.3 Å². The van der Waals surface area contributed by atoms with Gasteiger partial charge in [0.1, 0.15) is 11.6 Å². The molecule has 1 atom stereocenters. The molecule has 2 N–H and O–H groups in total. The lowest BCUT2D eigenvalue weighted by atomic mass is 9.76. The van der Waals surface area contributed by atoms with E-state index in [4.69, 9.17) is 10.5 Å². The van der Waals surface area contributed by atoms with Gasteiger partial charge in [0.2, 0.25) is 0 Å². The van der Waals surface area contributed by atoms with Gasteiger partial charge in [-0.3, -0.25) is 4.79 Å². The van der Waals surface area contributed by atoms with Crippen molar-refractivity contribution in [2.24, 2.45) is 5.73 Å². The number of carbonyl (C=O) groups excluding carboxylic acids is 1. The van der Waals surface area contributed by atoms with Gasteiger partial charge in [0.25, 0.3) is 0 Å². The van der Waals surface area contributed by atoms with Crippen LogP contribution in [-0.2, 0) is 21.5 Å². The Morgan fingerprint density at radius 1 is 0.906 bits per heavy atom. The van der Waals surface area contributed by atoms with E-state index in [1.54, 1.807) is 6.20 Å². The third-order valence-electron chi connectivity index (χ3n) is 5.58. The third kappa shape index (κ3) is 4.17. The van der Waals surface area contributed by atoms with Crippen molar-refractivity contribution in [2.45, 2.75) is 18.0 Å². The highest BCUT2D eigenvalue weighted by Gasteiger charge is 2.39. The zero-order valence-corrected chi connectivity index (χ0v) is 18.6. The van der Waals surface area contributed by atoms with Gasteiger partial charge in [-0.25, -0.2) is 4.98 Å². The van der Waals surface area contributed by atoms with Gasteiger partial charge in [-0.05, 0) is 16.7 Å². The van der Waals surface area contributed by atoms with E-state index in [2.05, 4.69) is 45.9 Å². The van der Waals surface area contributed by atoms with Crippen LogP contribution in [0.1, 0.15) is 22.4 Å². The molecule has 0 amide bonds. The Morgan fingerprint density at radius 3 is 1.75 bits per heavy atom. The molecule has 164 valence electrons. The summed E-state index contributed by atoms with van der Waals surface area (Å²) in [5.41, 5.74) is 9.53. The number of methoxy groups -OCH3 is 1. The first-order valence-corrected chi connectivity index (χ1v) is 10.2. The number of rotatable bonds is 7. The molecule has 4 rings (SSSR count). The van der Waals surface area contributed by atoms with Crippen LogP contribution in [0.25, 0.3) is 0 Å². The summed E-state index contributed by atoms with van der Waals surface area (Å²) in [5.74, 6) is -0.447. The van der Waals surface area contributed by atoms with Gasteiger partial charge >= 0.3 is 5.97 Å². The summed E-state index contributed by atoms with van der Waals surface area (Å²) in [6.07, 6.45) is 3.89. The Bertz CT molecular complexity index is 1030. The summed E-state index contributed by atoms with van der Waals surface area (Å²) in [4.78, 5) is 16.5. The second kappa shape index (κ2) is 10.3. The normalized spacial score (nSPS) is 11.9. The minimum atomic E-state index is -0.777. The van der Waals surface area contributed by atoms with Crippen molar-refractivity contribution < 1.29 is 9.53 Å². The molecule has 0 saturated heterocycles. The summed E-state index contributed by atoms with van der Waals surface area (Å²) in [5, 5.41) is 0. The zero-order valence-electron chi connectivity index (χ0n) is 17.8. The second-order valence-corrected chi connectivity index (χ2v) is 7.40. The van der Waals surface area contributed by atoms with Crippen LogP contribution in [0.4, 0.5) is 0 Å². The molecule has 0 spiro atoms. The van der Waals surface area contributed by atoms with Crippen LogP contribution in [0.2, 0.25) is 0 Å². The molecule has 1 unspecified atom stereocenters. The molecule has 0 aliphatic carbocycles. The first-order chi connectivity index (χ1) is 15.2. The number of esters is 1. The molecule has 6 heteroatoms. The van der Waals surface area contributed by atoms with E-state index in [-0.39, 0.29) is 12.4 Å². The highest BCUT2D eigenvalue weighted by atomic mass is 35.5. The van der Waals surface area contributed by atoms with Gasteiger partial charge in [0.05, 0.1) is 13.4 Å². The fourth-order valence-corrected chi connectivity index (χ4v) is 4.19. The number of nitrogens with two attached hydrogens (primary N) is 1. The van der Waals surface area contributed by atoms with E-state index in [1.165, 1.54) is 7.11 Å². The lowest BCUT2D eigenvalue weighted by molar-refractivity contribution is -0.142. The number of halogens is 1. The standard InChI is InChI=1S/C26H25N3O2.ClH/c1-31-25(30)24(27)17-23-18-28-19-29(23)26(20-11-5-2-6-12-20,21-13-7-3-8-14-21)22-15-9-4-10-16-22;/h2-16,18-19,24H,17,27H2,1H3;1H. The molecule has 3 aromatic carbocycles. The SMILES string of the molecule is COC(=O)C(N)Cc1cncn1C(c1ccccc1)(c1ccccc1)c1ccccc1.Cl. The number of hydrogen-bond acceptors (Lipinski definition) is 4. The van der Waals surface area contributed by atoms with Crippen LogP contribution in [-0.4, -0.2) is 28.7 Å². The van der Waals surface area contributed by atoms with Gasteiger partial charge in [0.15, 0.2) is 0 Å². The number of hydrogen-bond donors (Lipinski definition) is 1. The molecule has 0 aliphatic heterocycles. The Labute approximate surface area is 194 Å². The third-order valence-corrected chi connectivity index (χ3v) is 5.58. The average molecular weight is 448 g/mol. The van der Waals surface area contributed by atoms with Crippen LogP contribution in [0.5, 0.6) is 0 Å². The fraction of sp³-hybridized carbons (Fsp3) is 0.154. The molecule has 4 aromatic rings. The maximum Gasteiger partial charge on any atom is 0.323 e. The lowest BCUT2D eigenvalue weighted by Crippen LogP contribution is -2.40. The van der Waals surface area contributed by atoms with Crippen molar-refractivity contribution >= 4 is 18.4 Å². The summed E-state index contributed by atoms with van der Waals surface area (Å²) >= 11 is 0. The molecule has 32 heavy (non-hydrogen) atoms. The molecule has 5 nitrogen and oxygen atoms in total. The van der Waals surface area contributed by atoms with Crippen LogP contribution in [0.15, 0.2) is 104 Å². The molecular formula is C26H26ClN3O2. The highest BCUT2D eigenvalue weighted by molar-refractivity contribution is 5.85. The molecule has 0 saturated carbocycles. The first kappa shape index (κ1) is 23.3. The van der Waals surface area contributed by atoms with Crippen molar-refractivity contribution in [1.82, 2.24) is 9.55 Å². The minimum absolute atomic E-state index is 0. The molecular weight excluding hydrogens is 422 g/mol. The smallest absolute Gasteiger partial charge is 0.323 e. The summed E-state index contributed by atoms with van der Waals surface area (Å²) in [6.45, 7) is 0. The molecule has 0 radical (unpaired) electrons. The van der Waals surface area contributed by atoms with Crippen molar-refractivity contribution in [3.05, 3.63) is 126 Å². The number of aromatic nitrogens is 2. The maximum atomic E-state index is 12.0. The van der Waals surface area contributed by atoms with E-state index in [0.29, 0.717) is 6.42 Å². The predicted molar refractivity (Wildman–Crippen MR) is 128 cm³/mol.